The maximum absolute atomic E-state index is 5.16. The van der Waals surface area contributed by atoms with Crippen LogP contribution in [-0.4, -0.2) is 16.7 Å². The zero-order valence-electron chi connectivity index (χ0n) is 6.86. The van der Waals surface area contributed by atoms with E-state index in [1.807, 2.05) is 12.2 Å². The molecule has 0 radical (unpaired) electrons. The van der Waals surface area contributed by atoms with E-state index in [0.29, 0.717) is 11.0 Å². The molecule has 0 N–H and O–H groups in total. The van der Waals surface area contributed by atoms with E-state index in [-0.39, 0.29) is 0 Å². The van der Waals surface area contributed by atoms with E-state index in [1.54, 1.807) is 12.2 Å². The van der Waals surface area contributed by atoms with Crippen LogP contribution >= 0.6 is 24.0 Å². The Labute approximate surface area is 83.2 Å². The van der Waals surface area contributed by atoms with Crippen molar-refractivity contribution < 1.29 is 4.74 Å². The summed E-state index contributed by atoms with van der Waals surface area (Å²) in [6, 6.07) is 0. The molecule has 0 heterocycles. The van der Waals surface area contributed by atoms with Crippen LogP contribution in [0.2, 0.25) is 0 Å². The smallest absolute Gasteiger partial charge is 0.220 e. The van der Waals surface area contributed by atoms with Gasteiger partial charge in [-0.2, -0.15) is 0 Å². The predicted molar refractivity (Wildman–Crippen MR) is 60.5 cm³/mol. The highest BCUT2D eigenvalue weighted by atomic mass is 32.2. The first kappa shape index (κ1) is 11.5. The van der Waals surface area contributed by atoms with E-state index in [0.717, 1.165) is 5.75 Å². The van der Waals surface area contributed by atoms with Crippen molar-refractivity contribution in [2.75, 3.05) is 12.4 Å². The van der Waals surface area contributed by atoms with Crippen LogP contribution in [-0.2, 0) is 4.74 Å². The van der Waals surface area contributed by atoms with Crippen LogP contribution in [0, 0.1) is 0 Å². The third-order valence-corrected chi connectivity index (χ3v) is 2.12. The minimum Gasteiger partial charge on any atom is -0.474 e. The molecule has 0 fully saturated rings. The van der Waals surface area contributed by atoms with Gasteiger partial charge in [0.05, 0.1) is 0 Å². The molecule has 0 aromatic carbocycles. The Morgan fingerprint density at radius 2 is 2.25 bits per heavy atom. The minimum absolute atomic E-state index is 0.509. The van der Waals surface area contributed by atoms with Gasteiger partial charge >= 0.3 is 0 Å². The summed E-state index contributed by atoms with van der Waals surface area (Å²) in [5.41, 5.74) is 0. The topological polar surface area (TPSA) is 9.23 Å². The highest BCUT2D eigenvalue weighted by Crippen LogP contribution is 2.05. The molecule has 12 heavy (non-hydrogen) atoms. The van der Waals surface area contributed by atoms with Gasteiger partial charge in [-0.25, -0.2) is 0 Å². The van der Waals surface area contributed by atoms with Gasteiger partial charge in [-0.05, 0) is 18.3 Å². The molecule has 0 bridgehead atoms. The molecule has 0 aromatic heterocycles. The lowest BCUT2D eigenvalue weighted by Gasteiger charge is -2.01. The fourth-order valence-electron chi connectivity index (χ4n) is 0.437. The van der Waals surface area contributed by atoms with Crippen molar-refractivity contribution in [3.63, 3.8) is 0 Å². The number of allylic oxidation sites excluding steroid dienone is 2. The van der Waals surface area contributed by atoms with Gasteiger partial charge < -0.3 is 4.74 Å². The first-order chi connectivity index (χ1) is 5.81. The third kappa shape index (κ3) is 7.57. The molecule has 0 aromatic rings. The number of thioether (sulfide) groups is 1. The number of hydrogen-bond acceptors (Lipinski definition) is 3. The van der Waals surface area contributed by atoms with Gasteiger partial charge in [0.25, 0.3) is 0 Å². The fraction of sp³-hybridized carbons (Fsp3) is 0.222. The lowest BCUT2D eigenvalue weighted by molar-refractivity contribution is 0.370. The van der Waals surface area contributed by atoms with Crippen molar-refractivity contribution in [1.29, 1.82) is 0 Å². The second kappa shape index (κ2) is 8.56. The predicted octanol–water partition coefficient (Wildman–Crippen LogP) is 2.95. The molecule has 0 aliphatic rings. The van der Waals surface area contributed by atoms with Gasteiger partial charge in [0.15, 0.2) is 0 Å². The number of ether oxygens (including phenoxy) is 1. The van der Waals surface area contributed by atoms with Gasteiger partial charge in [-0.1, -0.05) is 36.6 Å². The van der Waals surface area contributed by atoms with Crippen molar-refractivity contribution in [2.45, 2.75) is 0 Å². The second-order valence-electron chi connectivity index (χ2n) is 1.82. The Balaban J connectivity index is 3.36. The molecule has 0 saturated carbocycles. The molecule has 0 aliphatic heterocycles. The van der Waals surface area contributed by atoms with Crippen molar-refractivity contribution in [3.05, 3.63) is 37.5 Å². The zero-order chi connectivity index (χ0) is 9.23. The summed E-state index contributed by atoms with van der Waals surface area (Å²) in [4.78, 5) is 0. The Morgan fingerprint density at radius 1 is 1.50 bits per heavy atom. The maximum Gasteiger partial charge on any atom is 0.220 e. The Bertz CT molecular complexity index is 185. The molecule has 1 nitrogen and oxygen atoms in total. The molecule has 66 valence electrons. The van der Waals surface area contributed by atoms with Crippen LogP contribution in [0.15, 0.2) is 37.5 Å². The molecule has 0 saturated heterocycles. The highest BCUT2D eigenvalue weighted by Gasteiger charge is 1.93. The summed E-state index contributed by atoms with van der Waals surface area (Å²) in [7, 11) is 0. The largest absolute Gasteiger partial charge is 0.474 e. The normalized spacial score (nSPS) is 9.67. The molecule has 0 rings (SSSR count). The van der Waals surface area contributed by atoms with Crippen LogP contribution in [0.1, 0.15) is 0 Å². The average Bonchev–Trinajstić information content (AvgIpc) is 2.09. The summed E-state index contributed by atoms with van der Waals surface area (Å²) >= 11 is 6.37. The average molecular weight is 200 g/mol. The third-order valence-electron chi connectivity index (χ3n) is 0.889. The van der Waals surface area contributed by atoms with E-state index >= 15 is 0 Å². The van der Waals surface area contributed by atoms with Crippen LogP contribution in [0.3, 0.4) is 0 Å². The Hall–Kier alpha value is -0.540. The van der Waals surface area contributed by atoms with E-state index in [1.165, 1.54) is 11.8 Å². The van der Waals surface area contributed by atoms with Crippen molar-refractivity contribution in [3.8, 4) is 0 Å². The van der Waals surface area contributed by atoms with Gasteiger partial charge in [0.2, 0.25) is 4.38 Å². The molecule has 3 heteroatoms. The van der Waals surface area contributed by atoms with Crippen LogP contribution in [0.25, 0.3) is 0 Å². The van der Waals surface area contributed by atoms with E-state index in [2.05, 4.69) is 13.2 Å². The SMILES string of the molecule is C=C/C=C/COC(=S)SCC=C. The van der Waals surface area contributed by atoms with E-state index < -0.39 is 0 Å². The summed E-state index contributed by atoms with van der Waals surface area (Å²) in [6.07, 6.45) is 7.16. The van der Waals surface area contributed by atoms with Crippen molar-refractivity contribution in [2.24, 2.45) is 0 Å². The Kier molecular flexibility index (Phi) is 8.17. The standard InChI is InChI=1S/C9H12OS2/c1-3-5-6-7-10-9(11)12-8-4-2/h3-6H,1-2,7-8H2/b6-5+. The lowest BCUT2D eigenvalue weighted by Crippen LogP contribution is -1.96. The van der Waals surface area contributed by atoms with Crippen LogP contribution < -0.4 is 0 Å². The van der Waals surface area contributed by atoms with E-state index in [4.69, 9.17) is 17.0 Å². The highest BCUT2D eigenvalue weighted by molar-refractivity contribution is 8.22. The molecule has 0 aliphatic carbocycles. The zero-order valence-corrected chi connectivity index (χ0v) is 8.50. The van der Waals surface area contributed by atoms with Gasteiger partial charge in [0.1, 0.15) is 6.61 Å². The Morgan fingerprint density at radius 3 is 2.83 bits per heavy atom. The molecular weight excluding hydrogens is 188 g/mol. The summed E-state index contributed by atoms with van der Waals surface area (Å²) in [5.74, 6) is 0.796. The van der Waals surface area contributed by atoms with Gasteiger partial charge in [0, 0.05) is 5.75 Å². The second-order valence-corrected chi connectivity index (χ2v) is 3.45. The molecule has 0 unspecified atom stereocenters. The lowest BCUT2D eigenvalue weighted by atomic mass is 10.5. The van der Waals surface area contributed by atoms with Crippen molar-refractivity contribution in [1.82, 2.24) is 0 Å². The van der Waals surface area contributed by atoms with Gasteiger partial charge in [-0.15, -0.1) is 6.58 Å². The molecule has 0 amide bonds. The van der Waals surface area contributed by atoms with E-state index in [9.17, 15) is 0 Å². The van der Waals surface area contributed by atoms with Crippen LogP contribution in [0.5, 0.6) is 0 Å². The monoisotopic (exact) mass is 200 g/mol. The number of rotatable bonds is 5. The summed E-state index contributed by atoms with van der Waals surface area (Å²) in [6.45, 7) is 7.62. The summed E-state index contributed by atoms with van der Waals surface area (Å²) in [5, 5.41) is 0. The molecular formula is C9H12OS2. The quantitative estimate of drug-likeness (QED) is 0.383. The summed E-state index contributed by atoms with van der Waals surface area (Å²) < 4.78 is 5.72. The van der Waals surface area contributed by atoms with Crippen LogP contribution in [0.4, 0.5) is 0 Å². The first-order valence-corrected chi connectivity index (χ1v) is 4.88. The maximum atomic E-state index is 5.16. The molecule has 0 spiro atoms. The minimum atomic E-state index is 0.509. The van der Waals surface area contributed by atoms with Crippen molar-refractivity contribution >= 4 is 28.4 Å². The van der Waals surface area contributed by atoms with Gasteiger partial charge in [-0.3, -0.25) is 0 Å². The fourth-order valence-corrected chi connectivity index (χ4v) is 1.11. The number of thiocarbonyl (C=S) groups is 1. The molecule has 0 atom stereocenters. The first-order valence-electron chi connectivity index (χ1n) is 3.49. The number of hydrogen-bond donors (Lipinski definition) is 0.